The summed E-state index contributed by atoms with van der Waals surface area (Å²) in [7, 11) is 0. The molecule has 0 atom stereocenters. The van der Waals surface area contributed by atoms with Crippen LogP contribution in [0.25, 0.3) is 21.5 Å². The zero-order valence-corrected chi connectivity index (χ0v) is 14.8. The predicted octanol–water partition coefficient (Wildman–Crippen LogP) is 5.20. The van der Waals surface area contributed by atoms with Crippen molar-refractivity contribution in [3.8, 4) is 11.5 Å². The molecular formula is C20H17FO6. The molecule has 0 bridgehead atoms. The van der Waals surface area contributed by atoms with Crippen molar-refractivity contribution in [2.45, 2.75) is 13.8 Å². The van der Waals surface area contributed by atoms with Crippen LogP contribution in [-0.2, 0) is 9.47 Å². The van der Waals surface area contributed by atoms with E-state index in [1.54, 1.807) is 44.2 Å². The van der Waals surface area contributed by atoms with Gasteiger partial charge >= 0.3 is 12.3 Å². The van der Waals surface area contributed by atoms with E-state index in [1.165, 1.54) is 12.1 Å². The number of ether oxygens (including phenoxy) is 4. The molecule has 27 heavy (non-hydrogen) atoms. The number of benzene rings is 3. The van der Waals surface area contributed by atoms with E-state index >= 15 is 0 Å². The normalized spacial score (nSPS) is 10.6. The number of fused-ring (bicyclic) bond motifs is 2. The Labute approximate surface area is 154 Å². The van der Waals surface area contributed by atoms with E-state index in [0.717, 1.165) is 0 Å². The Morgan fingerprint density at radius 2 is 1.30 bits per heavy atom. The van der Waals surface area contributed by atoms with Crippen molar-refractivity contribution < 1.29 is 32.9 Å². The van der Waals surface area contributed by atoms with Crippen LogP contribution < -0.4 is 9.47 Å². The van der Waals surface area contributed by atoms with Crippen LogP contribution in [0.4, 0.5) is 14.0 Å². The van der Waals surface area contributed by atoms with Gasteiger partial charge in [0.25, 0.3) is 0 Å². The summed E-state index contributed by atoms with van der Waals surface area (Å²) < 4.78 is 35.0. The summed E-state index contributed by atoms with van der Waals surface area (Å²) in [6, 6.07) is 11.0. The van der Waals surface area contributed by atoms with Crippen LogP contribution in [0.3, 0.4) is 0 Å². The van der Waals surface area contributed by atoms with Crippen LogP contribution in [-0.4, -0.2) is 25.5 Å². The molecule has 0 aromatic heterocycles. The average molecular weight is 372 g/mol. The Kier molecular flexibility index (Phi) is 5.40. The number of carbonyl (C=O) groups is 2. The van der Waals surface area contributed by atoms with Crippen molar-refractivity contribution in [3.63, 3.8) is 0 Å². The molecule has 0 aliphatic rings. The topological polar surface area (TPSA) is 71.1 Å². The molecule has 0 spiro atoms. The van der Waals surface area contributed by atoms with Crippen LogP contribution in [0.15, 0.2) is 42.5 Å². The summed E-state index contributed by atoms with van der Waals surface area (Å²) in [5.41, 5.74) is 0. The summed E-state index contributed by atoms with van der Waals surface area (Å²) in [5, 5.41) is 1.12. The van der Waals surface area contributed by atoms with Gasteiger partial charge in [-0.05, 0) is 19.9 Å². The zero-order chi connectivity index (χ0) is 19.4. The van der Waals surface area contributed by atoms with E-state index in [2.05, 4.69) is 0 Å². The van der Waals surface area contributed by atoms with Crippen LogP contribution in [0.1, 0.15) is 13.8 Å². The number of carbonyl (C=O) groups excluding carboxylic acids is 2. The van der Waals surface area contributed by atoms with Gasteiger partial charge in [-0.3, -0.25) is 0 Å². The highest BCUT2D eigenvalue weighted by Gasteiger charge is 2.22. The summed E-state index contributed by atoms with van der Waals surface area (Å²) >= 11 is 0. The van der Waals surface area contributed by atoms with Crippen LogP contribution in [0.2, 0.25) is 0 Å². The molecule has 3 aromatic carbocycles. The second-order valence-electron chi connectivity index (χ2n) is 5.44. The number of rotatable bonds is 4. The first-order chi connectivity index (χ1) is 13.1. The quantitative estimate of drug-likeness (QED) is 0.356. The van der Waals surface area contributed by atoms with Gasteiger partial charge in [0.2, 0.25) is 0 Å². The van der Waals surface area contributed by atoms with Crippen molar-refractivity contribution in [1.29, 1.82) is 0 Å². The molecule has 3 rings (SSSR count). The molecule has 0 unspecified atom stereocenters. The van der Waals surface area contributed by atoms with Gasteiger partial charge < -0.3 is 18.9 Å². The highest BCUT2D eigenvalue weighted by Crippen LogP contribution is 2.44. The van der Waals surface area contributed by atoms with E-state index in [4.69, 9.17) is 18.9 Å². The second kappa shape index (κ2) is 7.90. The van der Waals surface area contributed by atoms with Gasteiger partial charge in [-0.2, -0.15) is 0 Å². The third-order valence-electron chi connectivity index (χ3n) is 3.80. The third kappa shape index (κ3) is 3.62. The maximum Gasteiger partial charge on any atom is 0.513 e. The summed E-state index contributed by atoms with van der Waals surface area (Å²) in [5.74, 6) is -0.519. The lowest BCUT2D eigenvalue weighted by atomic mass is 10.00. The van der Waals surface area contributed by atoms with E-state index < -0.39 is 18.1 Å². The second-order valence-corrected chi connectivity index (χ2v) is 5.44. The molecule has 0 saturated carbocycles. The number of hydrogen-bond donors (Lipinski definition) is 0. The maximum absolute atomic E-state index is 14.7. The standard InChI is InChI=1S/C20H17FO6/c1-3-24-19(22)26-17-12-8-5-6-9-13(12)18(27-20(23)25-4-2)16-14(17)10-7-11-15(16)21/h5-11H,3-4H2,1-2H3. The van der Waals surface area contributed by atoms with Gasteiger partial charge in [-0.15, -0.1) is 0 Å². The lowest BCUT2D eigenvalue weighted by Gasteiger charge is -2.16. The summed E-state index contributed by atoms with van der Waals surface area (Å²) in [4.78, 5) is 23.8. The number of hydrogen-bond acceptors (Lipinski definition) is 6. The lowest BCUT2D eigenvalue weighted by molar-refractivity contribution is 0.103. The van der Waals surface area contributed by atoms with Gasteiger partial charge in [-0.1, -0.05) is 36.4 Å². The van der Waals surface area contributed by atoms with Crippen molar-refractivity contribution in [3.05, 3.63) is 48.3 Å². The zero-order valence-electron chi connectivity index (χ0n) is 14.8. The Bertz CT molecular complexity index is 1010. The Morgan fingerprint density at radius 3 is 1.89 bits per heavy atom. The average Bonchev–Trinajstić information content (AvgIpc) is 2.65. The highest BCUT2D eigenvalue weighted by atomic mass is 19.1. The van der Waals surface area contributed by atoms with Crippen molar-refractivity contribution in [2.24, 2.45) is 0 Å². The molecule has 7 heteroatoms. The summed E-state index contributed by atoms with van der Waals surface area (Å²) in [6.45, 7) is 3.52. The minimum absolute atomic E-state index is 0.00329. The van der Waals surface area contributed by atoms with Crippen LogP contribution in [0, 0.1) is 5.82 Å². The van der Waals surface area contributed by atoms with Crippen molar-refractivity contribution in [2.75, 3.05) is 13.2 Å². The first-order valence-electron chi connectivity index (χ1n) is 8.38. The maximum atomic E-state index is 14.7. The molecule has 0 N–H and O–H groups in total. The minimum Gasteiger partial charge on any atom is -0.434 e. The minimum atomic E-state index is -0.953. The molecule has 0 fully saturated rings. The SMILES string of the molecule is CCOC(=O)Oc1c2ccccc2c(OC(=O)OCC)c2c(F)cccc12. The lowest BCUT2D eigenvalue weighted by Crippen LogP contribution is -2.13. The number of halogens is 1. The molecule has 6 nitrogen and oxygen atoms in total. The first kappa shape index (κ1) is 18.4. The molecule has 0 aliphatic carbocycles. The molecule has 0 amide bonds. The van der Waals surface area contributed by atoms with Crippen molar-refractivity contribution in [1.82, 2.24) is 0 Å². The van der Waals surface area contributed by atoms with Gasteiger partial charge in [0.05, 0.1) is 18.6 Å². The predicted molar refractivity (Wildman–Crippen MR) is 96.7 cm³/mol. The Hall–Kier alpha value is -3.35. The molecule has 0 saturated heterocycles. The Morgan fingerprint density at radius 1 is 0.778 bits per heavy atom. The molecule has 0 aliphatic heterocycles. The highest BCUT2D eigenvalue weighted by molar-refractivity contribution is 6.12. The fraction of sp³-hybridized carbons (Fsp3) is 0.200. The fourth-order valence-electron chi connectivity index (χ4n) is 2.78. The van der Waals surface area contributed by atoms with Crippen LogP contribution >= 0.6 is 0 Å². The smallest absolute Gasteiger partial charge is 0.434 e. The monoisotopic (exact) mass is 372 g/mol. The van der Waals surface area contributed by atoms with E-state index in [0.29, 0.717) is 10.8 Å². The van der Waals surface area contributed by atoms with Gasteiger partial charge in [0.15, 0.2) is 11.5 Å². The molecular weight excluding hydrogens is 355 g/mol. The van der Waals surface area contributed by atoms with Crippen LogP contribution in [0.5, 0.6) is 11.5 Å². The summed E-state index contributed by atoms with van der Waals surface area (Å²) in [6.07, 6.45) is -1.86. The molecule has 0 radical (unpaired) electrons. The largest absolute Gasteiger partial charge is 0.513 e. The van der Waals surface area contributed by atoms with Gasteiger partial charge in [0, 0.05) is 16.2 Å². The van der Waals surface area contributed by atoms with Crippen molar-refractivity contribution >= 4 is 33.9 Å². The van der Waals surface area contributed by atoms with E-state index in [-0.39, 0.29) is 35.5 Å². The van der Waals surface area contributed by atoms with E-state index in [9.17, 15) is 14.0 Å². The van der Waals surface area contributed by atoms with Gasteiger partial charge in [-0.25, -0.2) is 14.0 Å². The first-order valence-corrected chi connectivity index (χ1v) is 8.38. The third-order valence-corrected chi connectivity index (χ3v) is 3.80. The molecule has 0 heterocycles. The molecule has 140 valence electrons. The van der Waals surface area contributed by atoms with E-state index in [1.807, 2.05) is 0 Å². The Balaban J connectivity index is 2.31. The molecule has 3 aromatic rings. The van der Waals surface area contributed by atoms with Gasteiger partial charge in [0.1, 0.15) is 5.82 Å². The fourth-order valence-corrected chi connectivity index (χ4v) is 2.78.